The quantitative estimate of drug-likeness (QED) is 0.675. The number of aromatic carboxylic acids is 1. The largest absolute Gasteiger partial charge is 0.478 e. The minimum Gasteiger partial charge on any atom is -0.478 e. The molecule has 0 spiro atoms. The monoisotopic (exact) mass is 427 g/mol. The average molecular weight is 427 g/mol. The Morgan fingerprint density at radius 1 is 1.38 bits per heavy atom. The number of halogens is 1. The summed E-state index contributed by atoms with van der Waals surface area (Å²) in [5.41, 5.74) is -1.24. The molecule has 0 bridgehead atoms. The van der Waals surface area contributed by atoms with Crippen molar-refractivity contribution in [2.75, 3.05) is 13.1 Å². The number of aliphatic hydroxyl groups is 1. The van der Waals surface area contributed by atoms with Gasteiger partial charge >= 0.3 is 5.97 Å². The maximum atomic E-state index is 12.5. The number of carboxylic acids is 1. The SMILES string of the molecule is CCN(CC(C)(C)O)S(=O)(=O)c1ccc(I)c(C(=O)O)c1. The van der Waals surface area contributed by atoms with Crippen molar-refractivity contribution in [3.8, 4) is 0 Å². The Morgan fingerprint density at radius 3 is 2.38 bits per heavy atom. The highest BCUT2D eigenvalue weighted by Crippen LogP contribution is 2.22. The predicted molar refractivity (Wildman–Crippen MR) is 86.8 cm³/mol. The zero-order valence-electron chi connectivity index (χ0n) is 12.0. The van der Waals surface area contributed by atoms with Crippen LogP contribution in [0.2, 0.25) is 0 Å². The van der Waals surface area contributed by atoms with Gasteiger partial charge in [-0.1, -0.05) is 6.92 Å². The topological polar surface area (TPSA) is 94.9 Å². The number of rotatable bonds is 6. The first-order chi connectivity index (χ1) is 9.49. The molecule has 0 unspecified atom stereocenters. The van der Waals surface area contributed by atoms with Crippen LogP contribution in [0.1, 0.15) is 31.1 Å². The number of carbonyl (C=O) groups is 1. The second-order valence-electron chi connectivity index (χ2n) is 5.19. The highest BCUT2D eigenvalue weighted by Gasteiger charge is 2.29. The van der Waals surface area contributed by atoms with Crippen molar-refractivity contribution in [2.45, 2.75) is 31.3 Å². The highest BCUT2D eigenvalue weighted by atomic mass is 127. The van der Waals surface area contributed by atoms with Crippen LogP contribution in [-0.2, 0) is 10.0 Å². The third-order valence-electron chi connectivity index (χ3n) is 2.72. The predicted octanol–water partition coefficient (Wildman–Crippen LogP) is 1.77. The molecule has 0 aliphatic carbocycles. The van der Waals surface area contributed by atoms with E-state index in [9.17, 15) is 18.3 Å². The smallest absolute Gasteiger partial charge is 0.336 e. The summed E-state index contributed by atoms with van der Waals surface area (Å²) in [6.07, 6.45) is 0. The number of carboxylic acid groups (broad SMARTS) is 1. The van der Waals surface area contributed by atoms with Crippen LogP contribution in [0.3, 0.4) is 0 Å². The van der Waals surface area contributed by atoms with E-state index in [-0.39, 0.29) is 23.5 Å². The van der Waals surface area contributed by atoms with Crippen LogP contribution in [0, 0.1) is 3.57 Å². The molecular weight excluding hydrogens is 409 g/mol. The molecule has 21 heavy (non-hydrogen) atoms. The third-order valence-corrected chi connectivity index (χ3v) is 5.58. The Kier molecular flexibility index (Phi) is 5.76. The number of sulfonamides is 1. The van der Waals surface area contributed by atoms with Gasteiger partial charge in [-0.25, -0.2) is 13.2 Å². The van der Waals surface area contributed by atoms with E-state index in [1.807, 2.05) is 22.6 Å². The van der Waals surface area contributed by atoms with E-state index < -0.39 is 21.6 Å². The molecule has 2 N–H and O–H groups in total. The van der Waals surface area contributed by atoms with E-state index in [0.717, 1.165) is 10.4 Å². The normalized spacial score (nSPS) is 12.7. The molecule has 6 nitrogen and oxygen atoms in total. The summed E-state index contributed by atoms with van der Waals surface area (Å²) in [6, 6.07) is 3.97. The van der Waals surface area contributed by atoms with Gasteiger partial charge in [0.2, 0.25) is 10.0 Å². The Bertz CT molecular complexity index is 636. The van der Waals surface area contributed by atoms with Gasteiger partial charge in [0.15, 0.2) is 0 Å². The molecular formula is C13H18INO5S. The lowest BCUT2D eigenvalue weighted by Gasteiger charge is -2.27. The molecule has 1 rings (SSSR count). The fourth-order valence-electron chi connectivity index (χ4n) is 1.78. The molecule has 0 aliphatic rings. The number of hydrogen-bond acceptors (Lipinski definition) is 4. The van der Waals surface area contributed by atoms with Crippen molar-refractivity contribution >= 4 is 38.6 Å². The minimum absolute atomic E-state index is 0.0593. The Morgan fingerprint density at radius 2 is 1.95 bits per heavy atom. The fraction of sp³-hybridized carbons (Fsp3) is 0.462. The first-order valence-corrected chi connectivity index (χ1v) is 8.76. The molecule has 0 fully saturated rings. The standard InChI is InChI=1S/C13H18INO5S/c1-4-15(8-13(2,3)18)21(19,20)9-5-6-11(14)10(7-9)12(16)17/h5-7,18H,4,8H2,1-3H3,(H,16,17). The van der Waals surface area contributed by atoms with E-state index in [2.05, 4.69) is 0 Å². The van der Waals surface area contributed by atoms with Gasteiger partial charge in [-0.2, -0.15) is 4.31 Å². The first kappa shape index (κ1) is 18.3. The minimum atomic E-state index is -3.85. The van der Waals surface area contributed by atoms with Gasteiger partial charge in [-0.15, -0.1) is 0 Å². The lowest BCUT2D eigenvalue weighted by atomic mass is 10.1. The number of benzene rings is 1. The molecule has 0 aliphatic heterocycles. The van der Waals surface area contributed by atoms with Crippen molar-refractivity contribution in [3.05, 3.63) is 27.3 Å². The molecule has 118 valence electrons. The van der Waals surface area contributed by atoms with Gasteiger partial charge in [0, 0.05) is 16.7 Å². The first-order valence-electron chi connectivity index (χ1n) is 6.24. The third kappa shape index (κ3) is 4.63. The Hall–Kier alpha value is -0.710. The van der Waals surface area contributed by atoms with Crippen LogP contribution < -0.4 is 0 Å². The fourth-order valence-corrected chi connectivity index (χ4v) is 3.97. The summed E-state index contributed by atoms with van der Waals surface area (Å²) in [7, 11) is -3.85. The van der Waals surface area contributed by atoms with Gasteiger partial charge in [-0.3, -0.25) is 0 Å². The number of likely N-dealkylation sites (N-methyl/N-ethyl adjacent to an activating group) is 1. The second kappa shape index (κ2) is 6.59. The van der Waals surface area contributed by atoms with Crippen LogP contribution in [0.5, 0.6) is 0 Å². The summed E-state index contributed by atoms with van der Waals surface area (Å²) in [6.45, 7) is 4.80. The molecule has 0 atom stereocenters. The molecule has 0 radical (unpaired) electrons. The van der Waals surface area contributed by atoms with Gasteiger partial charge in [0.25, 0.3) is 0 Å². The van der Waals surface area contributed by atoms with Gasteiger partial charge in [0.05, 0.1) is 16.1 Å². The zero-order valence-corrected chi connectivity index (χ0v) is 15.0. The molecule has 1 aromatic carbocycles. The number of nitrogens with zero attached hydrogens (tertiary/aromatic N) is 1. The molecule has 1 aromatic rings. The summed E-state index contributed by atoms with van der Waals surface area (Å²) in [4.78, 5) is 11.0. The summed E-state index contributed by atoms with van der Waals surface area (Å²) in [5, 5.41) is 18.9. The van der Waals surface area contributed by atoms with Crippen LogP contribution in [0.4, 0.5) is 0 Å². The van der Waals surface area contributed by atoms with Crippen molar-refractivity contribution in [1.29, 1.82) is 0 Å². The van der Waals surface area contributed by atoms with Crippen molar-refractivity contribution in [2.24, 2.45) is 0 Å². The van der Waals surface area contributed by atoms with Gasteiger partial charge in [0.1, 0.15) is 0 Å². The lowest BCUT2D eigenvalue weighted by Crippen LogP contribution is -2.42. The van der Waals surface area contributed by atoms with Crippen molar-refractivity contribution in [3.63, 3.8) is 0 Å². The van der Waals surface area contributed by atoms with E-state index in [1.54, 1.807) is 6.92 Å². The Balaban J connectivity index is 3.29. The molecule has 0 amide bonds. The van der Waals surface area contributed by atoms with Crippen LogP contribution >= 0.6 is 22.6 Å². The zero-order chi connectivity index (χ0) is 16.4. The molecule has 8 heteroatoms. The lowest BCUT2D eigenvalue weighted by molar-refractivity contribution is 0.0600. The van der Waals surface area contributed by atoms with Crippen LogP contribution in [0.25, 0.3) is 0 Å². The van der Waals surface area contributed by atoms with Crippen LogP contribution in [-0.4, -0.2) is 47.6 Å². The summed E-state index contributed by atoms with van der Waals surface area (Å²) < 4.78 is 26.7. The van der Waals surface area contributed by atoms with Crippen molar-refractivity contribution in [1.82, 2.24) is 4.31 Å². The van der Waals surface area contributed by atoms with E-state index in [4.69, 9.17) is 5.11 Å². The highest BCUT2D eigenvalue weighted by molar-refractivity contribution is 14.1. The van der Waals surface area contributed by atoms with E-state index >= 15 is 0 Å². The van der Waals surface area contributed by atoms with Gasteiger partial charge < -0.3 is 10.2 Å². The van der Waals surface area contributed by atoms with Crippen molar-refractivity contribution < 1.29 is 23.4 Å². The molecule has 0 heterocycles. The molecule has 0 saturated heterocycles. The number of hydrogen-bond donors (Lipinski definition) is 2. The van der Waals surface area contributed by atoms with Crippen LogP contribution in [0.15, 0.2) is 23.1 Å². The second-order valence-corrected chi connectivity index (χ2v) is 8.29. The average Bonchev–Trinajstić information content (AvgIpc) is 2.34. The van der Waals surface area contributed by atoms with E-state index in [1.165, 1.54) is 26.0 Å². The Labute approximate surface area is 138 Å². The summed E-state index contributed by atoms with van der Waals surface area (Å²) in [5.74, 6) is -1.18. The molecule has 0 saturated carbocycles. The van der Waals surface area contributed by atoms with Gasteiger partial charge in [-0.05, 0) is 54.6 Å². The maximum Gasteiger partial charge on any atom is 0.336 e. The van der Waals surface area contributed by atoms with E-state index in [0.29, 0.717) is 3.57 Å². The molecule has 0 aromatic heterocycles. The summed E-state index contributed by atoms with van der Waals surface area (Å²) >= 11 is 1.84. The maximum absolute atomic E-state index is 12.5.